The van der Waals surface area contributed by atoms with E-state index in [2.05, 4.69) is 0 Å². The summed E-state index contributed by atoms with van der Waals surface area (Å²) in [5.41, 5.74) is 1.66. The summed E-state index contributed by atoms with van der Waals surface area (Å²) in [5.74, 6) is -0.290. The molecule has 0 bridgehead atoms. The van der Waals surface area contributed by atoms with Crippen molar-refractivity contribution in [2.75, 3.05) is 0 Å². The van der Waals surface area contributed by atoms with Crippen molar-refractivity contribution in [3.05, 3.63) is 54.1 Å². The highest BCUT2D eigenvalue weighted by molar-refractivity contribution is 6.10. The fourth-order valence-electron chi connectivity index (χ4n) is 2.45. The summed E-state index contributed by atoms with van der Waals surface area (Å²) in [5, 5.41) is 20.5. The molecule has 3 rings (SSSR count). The predicted molar refractivity (Wildman–Crippen MR) is 76.6 cm³/mol. The molecule has 0 saturated heterocycles. The van der Waals surface area contributed by atoms with Crippen molar-refractivity contribution in [2.45, 2.75) is 6.92 Å². The number of fused-ring (bicyclic) bond motifs is 1. The van der Waals surface area contributed by atoms with Crippen molar-refractivity contribution < 1.29 is 15.0 Å². The minimum Gasteiger partial charge on any atom is -0.508 e. The minimum atomic E-state index is -0.243. The number of rotatable bonds is 2. The van der Waals surface area contributed by atoms with Crippen molar-refractivity contribution in [1.82, 2.24) is 4.57 Å². The first-order valence-corrected chi connectivity index (χ1v) is 6.22. The van der Waals surface area contributed by atoms with Gasteiger partial charge in [-0.2, -0.15) is 0 Å². The third-order valence-electron chi connectivity index (χ3n) is 3.29. The van der Waals surface area contributed by atoms with E-state index in [0.717, 1.165) is 5.69 Å². The number of carbonyl (C=O) groups excluding carboxylic acids is 1. The van der Waals surface area contributed by atoms with Gasteiger partial charge in [0.25, 0.3) is 0 Å². The summed E-state index contributed by atoms with van der Waals surface area (Å²) in [4.78, 5) is 11.8. The Hall–Kier alpha value is -2.75. The second kappa shape index (κ2) is 4.42. The number of hydrogen-bond acceptors (Lipinski definition) is 3. The average molecular weight is 267 g/mol. The van der Waals surface area contributed by atoms with Crippen LogP contribution in [0.1, 0.15) is 17.3 Å². The van der Waals surface area contributed by atoms with E-state index >= 15 is 0 Å². The summed E-state index contributed by atoms with van der Waals surface area (Å²) in [6.45, 7) is 1.40. The van der Waals surface area contributed by atoms with Crippen LogP contribution in [0.15, 0.2) is 48.5 Å². The van der Waals surface area contributed by atoms with Gasteiger partial charge >= 0.3 is 0 Å². The number of ketones is 1. The number of phenols is 1. The summed E-state index contributed by atoms with van der Waals surface area (Å²) in [6, 6.07) is 14.0. The standard InChI is InChI=1S/C16H13NO3/c1-10(18)15-13-9-12(19)7-8-14(13)17(16(15)20)11-5-3-2-4-6-11/h2-9,19-20H,1H3. The number of aromatic hydroxyl groups is 2. The Morgan fingerprint density at radius 3 is 2.40 bits per heavy atom. The number of benzene rings is 2. The van der Waals surface area contributed by atoms with Gasteiger partial charge in [0.15, 0.2) is 5.78 Å². The third kappa shape index (κ3) is 1.73. The quantitative estimate of drug-likeness (QED) is 0.701. The first kappa shape index (κ1) is 12.3. The highest BCUT2D eigenvalue weighted by Gasteiger charge is 2.20. The van der Waals surface area contributed by atoms with Gasteiger partial charge in [-0.05, 0) is 37.3 Å². The summed E-state index contributed by atoms with van der Waals surface area (Å²) >= 11 is 0. The number of nitrogens with zero attached hydrogens (tertiary/aromatic N) is 1. The van der Waals surface area contributed by atoms with E-state index in [9.17, 15) is 15.0 Å². The molecular weight excluding hydrogens is 254 g/mol. The monoisotopic (exact) mass is 267 g/mol. The van der Waals surface area contributed by atoms with Crippen LogP contribution in [0.2, 0.25) is 0 Å². The van der Waals surface area contributed by atoms with Crippen LogP contribution in [0, 0.1) is 0 Å². The van der Waals surface area contributed by atoms with Crippen LogP contribution in [-0.2, 0) is 0 Å². The second-order valence-corrected chi connectivity index (χ2v) is 4.63. The van der Waals surface area contributed by atoms with Crippen LogP contribution >= 0.6 is 0 Å². The molecule has 0 spiro atoms. The van der Waals surface area contributed by atoms with Crippen molar-refractivity contribution in [1.29, 1.82) is 0 Å². The smallest absolute Gasteiger partial charge is 0.207 e. The van der Waals surface area contributed by atoms with Crippen LogP contribution in [-0.4, -0.2) is 20.6 Å². The number of aromatic nitrogens is 1. The molecule has 0 amide bonds. The maximum absolute atomic E-state index is 11.8. The lowest BCUT2D eigenvalue weighted by atomic mass is 10.1. The molecule has 1 heterocycles. The number of Topliss-reactive ketones (excluding diaryl/α,β-unsaturated/α-hetero) is 1. The third-order valence-corrected chi connectivity index (χ3v) is 3.29. The van der Waals surface area contributed by atoms with E-state index in [1.165, 1.54) is 19.1 Å². The first-order valence-electron chi connectivity index (χ1n) is 6.22. The van der Waals surface area contributed by atoms with Crippen molar-refractivity contribution >= 4 is 16.7 Å². The zero-order valence-corrected chi connectivity index (χ0v) is 10.9. The Morgan fingerprint density at radius 1 is 1.05 bits per heavy atom. The maximum atomic E-state index is 11.8. The van der Waals surface area contributed by atoms with Gasteiger partial charge in [-0.15, -0.1) is 0 Å². The fourth-order valence-corrected chi connectivity index (χ4v) is 2.45. The maximum Gasteiger partial charge on any atom is 0.207 e. The topological polar surface area (TPSA) is 62.5 Å². The van der Waals surface area contributed by atoms with Gasteiger partial charge in [0.2, 0.25) is 5.88 Å². The summed E-state index contributed by atoms with van der Waals surface area (Å²) < 4.78 is 1.60. The molecule has 0 atom stereocenters. The Balaban J connectivity index is 2.44. The highest BCUT2D eigenvalue weighted by atomic mass is 16.3. The molecule has 3 aromatic rings. The summed E-state index contributed by atoms with van der Waals surface area (Å²) in [6.07, 6.45) is 0. The van der Waals surface area contributed by atoms with Crippen molar-refractivity contribution in [3.8, 4) is 17.3 Å². The zero-order chi connectivity index (χ0) is 14.3. The van der Waals surface area contributed by atoms with Crippen LogP contribution in [0.4, 0.5) is 0 Å². The van der Waals surface area contributed by atoms with E-state index in [4.69, 9.17) is 0 Å². The second-order valence-electron chi connectivity index (χ2n) is 4.63. The minimum absolute atomic E-state index is 0.0604. The van der Waals surface area contributed by atoms with Gasteiger partial charge in [-0.25, -0.2) is 0 Å². The van der Waals surface area contributed by atoms with Gasteiger partial charge in [0, 0.05) is 11.1 Å². The molecule has 0 aliphatic heterocycles. The van der Waals surface area contributed by atoms with Crippen molar-refractivity contribution in [2.24, 2.45) is 0 Å². The molecule has 4 nitrogen and oxygen atoms in total. The molecule has 0 fully saturated rings. The van der Waals surface area contributed by atoms with Crippen LogP contribution in [0.3, 0.4) is 0 Å². The van der Waals surface area contributed by atoms with Crippen molar-refractivity contribution in [3.63, 3.8) is 0 Å². The number of phenolic OH excluding ortho intramolecular Hbond substituents is 1. The Labute approximate surface area is 115 Å². The molecule has 1 aromatic heterocycles. The van der Waals surface area contributed by atoms with E-state index in [1.54, 1.807) is 10.6 Å². The van der Waals surface area contributed by atoms with E-state index in [0.29, 0.717) is 10.9 Å². The molecule has 4 heteroatoms. The fraction of sp³-hybridized carbons (Fsp3) is 0.0625. The number of hydrogen-bond donors (Lipinski definition) is 2. The van der Waals surface area contributed by atoms with Gasteiger partial charge in [-0.1, -0.05) is 18.2 Å². The van der Waals surface area contributed by atoms with Gasteiger partial charge < -0.3 is 10.2 Å². The van der Waals surface area contributed by atoms with Gasteiger partial charge in [0.1, 0.15) is 5.75 Å². The molecule has 2 aromatic carbocycles. The predicted octanol–water partition coefficient (Wildman–Crippen LogP) is 3.24. The van der Waals surface area contributed by atoms with Crippen LogP contribution in [0.25, 0.3) is 16.6 Å². The van der Waals surface area contributed by atoms with Gasteiger partial charge in [-0.3, -0.25) is 9.36 Å². The molecule has 0 unspecified atom stereocenters. The molecule has 2 N–H and O–H groups in total. The highest BCUT2D eigenvalue weighted by Crippen LogP contribution is 2.36. The van der Waals surface area contributed by atoms with E-state index < -0.39 is 0 Å². The summed E-state index contributed by atoms with van der Waals surface area (Å²) in [7, 11) is 0. The molecule has 20 heavy (non-hydrogen) atoms. The zero-order valence-electron chi connectivity index (χ0n) is 10.9. The molecular formula is C16H13NO3. The number of para-hydroxylation sites is 1. The average Bonchev–Trinajstić information content (AvgIpc) is 2.71. The Bertz CT molecular complexity index is 803. The van der Waals surface area contributed by atoms with Crippen LogP contribution < -0.4 is 0 Å². The molecule has 0 radical (unpaired) electrons. The largest absolute Gasteiger partial charge is 0.508 e. The normalized spacial score (nSPS) is 10.8. The molecule has 100 valence electrons. The molecule has 0 aliphatic rings. The SMILES string of the molecule is CC(=O)c1c(O)n(-c2ccccc2)c2ccc(O)cc12. The lowest BCUT2D eigenvalue weighted by Crippen LogP contribution is -1.94. The molecule has 0 saturated carbocycles. The van der Waals surface area contributed by atoms with E-state index in [1.807, 2.05) is 30.3 Å². The lowest BCUT2D eigenvalue weighted by molar-refractivity contribution is 0.101. The van der Waals surface area contributed by atoms with Crippen LogP contribution in [0.5, 0.6) is 11.6 Å². The Kier molecular flexibility index (Phi) is 2.71. The number of carbonyl (C=O) groups is 1. The Morgan fingerprint density at radius 2 is 1.75 bits per heavy atom. The lowest BCUT2D eigenvalue weighted by Gasteiger charge is -2.06. The first-order chi connectivity index (χ1) is 9.59. The van der Waals surface area contributed by atoms with E-state index in [-0.39, 0.29) is 23.0 Å². The molecule has 0 aliphatic carbocycles. The van der Waals surface area contributed by atoms with Gasteiger partial charge in [0.05, 0.1) is 11.1 Å².